The molecule has 0 saturated carbocycles. The Bertz CT molecular complexity index is 582. The summed E-state index contributed by atoms with van der Waals surface area (Å²) in [7, 11) is 5.19. The van der Waals surface area contributed by atoms with E-state index >= 15 is 0 Å². The lowest BCUT2D eigenvalue weighted by molar-refractivity contribution is 0.141. The van der Waals surface area contributed by atoms with Crippen molar-refractivity contribution < 1.29 is 14.2 Å². The molecule has 0 aliphatic carbocycles. The van der Waals surface area contributed by atoms with Gasteiger partial charge in [0.25, 0.3) is 0 Å². The average molecular weight is 379 g/mol. The fraction of sp³-hybridized carbons (Fsp3) is 0.650. The SMILES string of the molecule is CN=C(NCC(C)Oc1ccccc1OC)NCC1CCCN1CCOC. The van der Waals surface area contributed by atoms with Crippen LogP contribution in [0.25, 0.3) is 0 Å². The van der Waals surface area contributed by atoms with Crippen LogP contribution < -0.4 is 20.1 Å². The number of guanidine groups is 1. The molecule has 7 nitrogen and oxygen atoms in total. The van der Waals surface area contributed by atoms with Gasteiger partial charge in [0, 0.05) is 33.3 Å². The van der Waals surface area contributed by atoms with Crippen molar-refractivity contribution >= 4 is 5.96 Å². The van der Waals surface area contributed by atoms with E-state index < -0.39 is 0 Å². The molecule has 27 heavy (non-hydrogen) atoms. The largest absolute Gasteiger partial charge is 0.493 e. The normalized spacial score (nSPS) is 19.0. The van der Waals surface area contributed by atoms with Crippen LogP contribution >= 0.6 is 0 Å². The van der Waals surface area contributed by atoms with E-state index in [0.29, 0.717) is 12.6 Å². The molecule has 0 bridgehead atoms. The summed E-state index contributed by atoms with van der Waals surface area (Å²) in [6.07, 6.45) is 2.43. The van der Waals surface area contributed by atoms with Gasteiger partial charge in [-0.15, -0.1) is 0 Å². The highest BCUT2D eigenvalue weighted by Gasteiger charge is 2.24. The molecule has 0 spiro atoms. The first-order chi connectivity index (χ1) is 13.2. The molecule has 2 N–H and O–H groups in total. The summed E-state index contributed by atoms with van der Waals surface area (Å²) in [5.74, 6) is 2.28. The predicted molar refractivity (Wildman–Crippen MR) is 109 cm³/mol. The molecule has 1 aliphatic rings. The van der Waals surface area contributed by atoms with Crippen LogP contribution in [0, 0.1) is 0 Å². The van der Waals surface area contributed by atoms with Gasteiger partial charge in [-0.1, -0.05) is 12.1 Å². The number of hydrogen-bond acceptors (Lipinski definition) is 5. The molecular weight excluding hydrogens is 344 g/mol. The number of ether oxygens (including phenoxy) is 3. The van der Waals surface area contributed by atoms with Gasteiger partial charge in [0.1, 0.15) is 6.10 Å². The molecule has 1 heterocycles. The maximum atomic E-state index is 5.98. The summed E-state index contributed by atoms with van der Waals surface area (Å²) >= 11 is 0. The molecule has 7 heteroatoms. The van der Waals surface area contributed by atoms with Gasteiger partial charge in [-0.3, -0.25) is 9.89 Å². The Morgan fingerprint density at radius 2 is 2.04 bits per heavy atom. The third-order valence-electron chi connectivity index (χ3n) is 4.76. The van der Waals surface area contributed by atoms with Crippen molar-refractivity contribution in [3.05, 3.63) is 24.3 Å². The van der Waals surface area contributed by atoms with Gasteiger partial charge < -0.3 is 24.8 Å². The van der Waals surface area contributed by atoms with E-state index in [9.17, 15) is 0 Å². The van der Waals surface area contributed by atoms with E-state index in [4.69, 9.17) is 14.2 Å². The zero-order valence-electron chi connectivity index (χ0n) is 17.0. The zero-order chi connectivity index (χ0) is 19.5. The molecule has 2 unspecified atom stereocenters. The van der Waals surface area contributed by atoms with Crippen molar-refractivity contribution in [2.75, 3.05) is 54.1 Å². The molecule has 1 aromatic carbocycles. The first-order valence-corrected chi connectivity index (χ1v) is 9.65. The van der Waals surface area contributed by atoms with Crippen LogP contribution in [0.2, 0.25) is 0 Å². The summed E-state index contributed by atoms with van der Waals surface area (Å²) in [6.45, 7) is 6.46. The third-order valence-corrected chi connectivity index (χ3v) is 4.76. The van der Waals surface area contributed by atoms with Crippen LogP contribution in [0.3, 0.4) is 0 Å². The lowest BCUT2D eigenvalue weighted by Crippen LogP contribution is -2.47. The van der Waals surface area contributed by atoms with Crippen molar-refractivity contribution in [2.45, 2.75) is 31.9 Å². The Morgan fingerprint density at radius 1 is 1.26 bits per heavy atom. The Morgan fingerprint density at radius 3 is 2.74 bits per heavy atom. The van der Waals surface area contributed by atoms with Crippen LogP contribution in [-0.2, 0) is 4.74 Å². The minimum Gasteiger partial charge on any atom is -0.493 e. The number of nitrogens with one attached hydrogen (secondary N) is 2. The Labute approximate surface area is 163 Å². The second-order valence-corrected chi connectivity index (χ2v) is 6.74. The van der Waals surface area contributed by atoms with Crippen molar-refractivity contribution in [1.82, 2.24) is 15.5 Å². The molecule has 0 radical (unpaired) electrons. The minimum absolute atomic E-state index is 0.0236. The highest BCUT2D eigenvalue weighted by Crippen LogP contribution is 2.26. The second-order valence-electron chi connectivity index (χ2n) is 6.74. The Hall–Kier alpha value is -1.99. The van der Waals surface area contributed by atoms with E-state index in [2.05, 4.69) is 20.5 Å². The molecular formula is C20H34N4O3. The smallest absolute Gasteiger partial charge is 0.191 e. The number of aliphatic imine (C=N–C) groups is 1. The highest BCUT2D eigenvalue weighted by atomic mass is 16.5. The van der Waals surface area contributed by atoms with Crippen LogP contribution in [-0.4, -0.2) is 77.1 Å². The molecule has 0 amide bonds. The zero-order valence-corrected chi connectivity index (χ0v) is 17.0. The number of methoxy groups -OCH3 is 2. The predicted octanol–water partition coefficient (Wildman–Crippen LogP) is 1.74. The van der Waals surface area contributed by atoms with E-state index in [1.165, 1.54) is 12.8 Å². The number of rotatable bonds is 10. The van der Waals surface area contributed by atoms with Gasteiger partial charge in [-0.05, 0) is 38.4 Å². The summed E-state index contributed by atoms with van der Waals surface area (Å²) in [5, 5.41) is 6.77. The molecule has 1 aromatic rings. The van der Waals surface area contributed by atoms with Gasteiger partial charge in [0.05, 0.1) is 20.3 Å². The fourth-order valence-electron chi connectivity index (χ4n) is 3.28. The molecule has 2 rings (SSSR count). The standard InChI is InChI=1S/C20H34N4O3/c1-16(27-19-10-6-5-9-18(19)26-4)14-22-20(21-2)23-15-17-8-7-11-24(17)12-13-25-3/h5-6,9-10,16-17H,7-8,11-15H2,1-4H3,(H2,21,22,23). The first-order valence-electron chi connectivity index (χ1n) is 9.65. The molecule has 0 aromatic heterocycles. The van der Waals surface area contributed by atoms with Gasteiger partial charge >= 0.3 is 0 Å². The van der Waals surface area contributed by atoms with Crippen LogP contribution in [0.1, 0.15) is 19.8 Å². The quantitative estimate of drug-likeness (QED) is 0.478. The van der Waals surface area contributed by atoms with Crippen LogP contribution in [0.4, 0.5) is 0 Å². The molecule has 1 fully saturated rings. The van der Waals surface area contributed by atoms with Gasteiger partial charge in [-0.25, -0.2) is 0 Å². The molecule has 152 valence electrons. The molecule has 2 atom stereocenters. The lowest BCUT2D eigenvalue weighted by Gasteiger charge is -2.25. The van der Waals surface area contributed by atoms with Crippen molar-refractivity contribution in [3.63, 3.8) is 0 Å². The molecule has 1 aliphatic heterocycles. The Balaban J connectivity index is 1.74. The van der Waals surface area contributed by atoms with Gasteiger partial charge in [0.15, 0.2) is 17.5 Å². The summed E-state index contributed by atoms with van der Waals surface area (Å²) in [6, 6.07) is 8.21. The van der Waals surface area contributed by atoms with Crippen molar-refractivity contribution in [1.29, 1.82) is 0 Å². The lowest BCUT2D eigenvalue weighted by atomic mass is 10.2. The third kappa shape index (κ3) is 6.92. The summed E-state index contributed by atoms with van der Waals surface area (Å²) < 4.78 is 16.5. The number of nitrogens with zero attached hydrogens (tertiary/aromatic N) is 2. The highest BCUT2D eigenvalue weighted by molar-refractivity contribution is 5.79. The fourth-order valence-corrected chi connectivity index (χ4v) is 3.28. The summed E-state index contributed by atoms with van der Waals surface area (Å²) in [5.41, 5.74) is 0. The Kier molecular flexibility index (Phi) is 9.21. The average Bonchev–Trinajstić information content (AvgIpc) is 3.14. The number of hydrogen-bond donors (Lipinski definition) is 2. The number of likely N-dealkylation sites (tertiary alicyclic amines) is 1. The minimum atomic E-state index is -0.0236. The van der Waals surface area contributed by atoms with Crippen molar-refractivity contribution in [3.8, 4) is 11.5 Å². The van der Waals surface area contributed by atoms with E-state index in [-0.39, 0.29) is 6.10 Å². The first kappa shape index (κ1) is 21.3. The summed E-state index contributed by atoms with van der Waals surface area (Å²) in [4.78, 5) is 6.80. The van der Waals surface area contributed by atoms with Crippen LogP contribution in [0.15, 0.2) is 29.3 Å². The van der Waals surface area contributed by atoms with E-state index in [1.54, 1.807) is 21.3 Å². The van der Waals surface area contributed by atoms with Gasteiger partial charge in [-0.2, -0.15) is 0 Å². The van der Waals surface area contributed by atoms with E-state index in [0.717, 1.165) is 43.7 Å². The van der Waals surface area contributed by atoms with Crippen LogP contribution in [0.5, 0.6) is 11.5 Å². The van der Waals surface area contributed by atoms with E-state index in [1.807, 2.05) is 31.2 Å². The topological polar surface area (TPSA) is 67.4 Å². The number of para-hydroxylation sites is 2. The number of benzene rings is 1. The molecule has 1 saturated heterocycles. The maximum absolute atomic E-state index is 5.98. The second kappa shape index (κ2) is 11.7. The van der Waals surface area contributed by atoms with Gasteiger partial charge in [0.2, 0.25) is 0 Å². The monoisotopic (exact) mass is 378 g/mol. The van der Waals surface area contributed by atoms with Crippen molar-refractivity contribution in [2.24, 2.45) is 4.99 Å². The maximum Gasteiger partial charge on any atom is 0.191 e.